The molecular weight excluding hydrogens is 240 g/mol. The van der Waals surface area contributed by atoms with Gasteiger partial charge in [-0.2, -0.15) is 0 Å². The quantitative estimate of drug-likeness (QED) is 0.792. The number of piperidine rings is 1. The molecule has 1 N–H and O–H groups in total. The number of aromatic nitrogens is 1. The average molecular weight is 266 g/mol. The second-order valence-electron chi connectivity index (χ2n) is 4.43. The minimum Gasteiger partial charge on any atom is -0.483 e. The number of nitrogens with zero attached hydrogens (tertiary/aromatic N) is 2. The number of rotatable bonds is 1. The van der Waals surface area contributed by atoms with Gasteiger partial charge in [-0.3, -0.25) is 9.78 Å². The monoisotopic (exact) mass is 266 g/mol. The minimum absolute atomic E-state index is 0.250. The molecule has 108 valence electrons. The molecule has 0 bridgehead atoms. The smallest absolute Gasteiger partial charge is 0.290 e. The third-order valence-corrected chi connectivity index (χ3v) is 3.04. The molecule has 1 aromatic rings. The fourth-order valence-electron chi connectivity index (χ4n) is 1.91. The van der Waals surface area contributed by atoms with E-state index in [9.17, 15) is 0 Å². The molecule has 2 heterocycles. The SMILES string of the molecule is CC.Cc1ccc(N2CCC(C)CC2)cn1.O=CO. The van der Waals surface area contributed by atoms with E-state index in [1.54, 1.807) is 0 Å². The molecule has 4 heteroatoms. The fourth-order valence-corrected chi connectivity index (χ4v) is 1.91. The first kappa shape index (κ1) is 17.4. The zero-order valence-corrected chi connectivity index (χ0v) is 12.5. The molecule has 0 amide bonds. The lowest BCUT2D eigenvalue weighted by Gasteiger charge is -2.31. The summed E-state index contributed by atoms with van der Waals surface area (Å²) in [6.07, 6.45) is 4.62. The van der Waals surface area contributed by atoms with Crippen molar-refractivity contribution in [1.82, 2.24) is 4.98 Å². The molecule has 1 aliphatic heterocycles. The largest absolute Gasteiger partial charge is 0.483 e. The molecule has 1 saturated heterocycles. The number of aryl methyl sites for hydroxylation is 1. The zero-order valence-electron chi connectivity index (χ0n) is 12.5. The van der Waals surface area contributed by atoms with E-state index in [0.29, 0.717) is 0 Å². The third kappa shape index (κ3) is 6.79. The first-order valence-corrected chi connectivity index (χ1v) is 6.92. The van der Waals surface area contributed by atoms with Gasteiger partial charge >= 0.3 is 0 Å². The highest BCUT2D eigenvalue weighted by Gasteiger charge is 2.15. The van der Waals surface area contributed by atoms with E-state index in [1.807, 2.05) is 27.0 Å². The van der Waals surface area contributed by atoms with Crippen molar-refractivity contribution in [3.63, 3.8) is 0 Å². The summed E-state index contributed by atoms with van der Waals surface area (Å²) in [4.78, 5) is 15.1. The standard InChI is InChI=1S/C12H18N2.C2H6.CH2O2/c1-10-5-7-14(8-6-10)12-4-3-11(2)13-9-12;1-2;2-1-3/h3-4,9-10H,5-8H2,1-2H3;1-2H3;1H,(H,2,3). The van der Waals surface area contributed by atoms with Crippen molar-refractivity contribution in [2.75, 3.05) is 18.0 Å². The molecule has 0 radical (unpaired) electrons. The Balaban J connectivity index is 0.000000573. The lowest BCUT2D eigenvalue weighted by atomic mass is 9.99. The van der Waals surface area contributed by atoms with E-state index < -0.39 is 0 Å². The number of hydrogen-bond acceptors (Lipinski definition) is 3. The second kappa shape index (κ2) is 10.4. The molecule has 4 nitrogen and oxygen atoms in total. The lowest BCUT2D eigenvalue weighted by Crippen LogP contribution is -2.32. The number of anilines is 1. The van der Waals surface area contributed by atoms with Crippen LogP contribution in [0.3, 0.4) is 0 Å². The highest BCUT2D eigenvalue weighted by molar-refractivity contribution is 5.44. The van der Waals surface area contributed by atoms with Crippen LogP contribution in [0.4, 0.5) is 5.69 Å². The molecule has 0 unspecified atom stereocenters. The van der Waals surface area contributed by atoms with Crippen molar-refractivity contribution >= 4 is 12.2 Å². The van der Waals surface area contributed by atoms with E-state index in [0.717, 1.165) is 11.6 Å². The van der Waals surface area contributed by atoms with Crippen molar-refractivity contribution in [3.8, 4) is 0 Å². The maximum Gasteiger partial charge on any atom is 0.290 e. The summed E-state index contributed by atoms with van der Waals surface area (Å²) in [6.45, 7) is 10.5. The maximum absolute atomic E-state index is 8.36. The van der Waals surface area contributed by atoms with Gasteiger partial charge in [0.1, 0.15) is 0 Å². The van der Waals surface area contributed by atoms with Crippen LogP contribution in [0.2, 0.25) is 0 Å². The Bertz CT molecular complexity index is 331. The van der Waals surface area contributed by atoms with Gasteiger partial charge in [0.15, 0.2) is 0 Å². The molecule has 2 rings (SSSR count). The molecule has 0 atom stereocenters. The number of pyridine rings is 1. The Morgan fingerprint density at radius 3 is 2.26 bits per heavy atom. The molecule has 0 saturated carbocycles. The summed E-state index contributed by atoms with van der Waals surface area (Å²) in [5, 5.41) is 6.89. The van der Waals surface area contributed by atoms with E-state index in [4.69, 9.17) is 9.90 Å². The zero-order chi connectivity index (χ0) is 14.7. The Labute approximate surface area is 116 Å². The van der Waals surface area contributed by atoms with E-state index in [-0.39, 0.29) is 6.47 Å². The molecule has 19 heavy (non-hydrogen) atoms. The van der Waals surface area contributed by atoms with Crippen LogP contribution in [0.1, 0.15) is 39.3 Å². The minimum atomic E-state index is -0.250. The Hall–Kier alpha value is -1.58. The van der Waals surface area contributed by atoms with Crippen molar-refractivity contribution < 1.29 is 9.90 Å². The van der Waals surface area contributed by atoms with E-state index in [2.05, 4.69) is 28.9 Å². The summed E-state index contributed by atoms with van der Waals surface area (Å²) in [6, 6.07) is 4.27. The predicted molar refractivity (Wildman–Crippen MR) is 79.6 cm³/mol. The molecule has 1 aromatic heterocycles. The van der Waals surface area contributed by atoms with E-state index in [1.165, 1.54) is 31.6 Å². The van der Waals surface area contributed by atoms with Gasteiger partial charge in [0.05, 0.1) is 11.9 Å². The van der Waals surface area contributed by atoms with Crippen LogP contribution in [0, 0.1) is 12.8 Å². The summed E-state index contributed by atoms with van der Waals surface area (Å²) in [5.74, 6) is 0.893. The number of carboxylic acid groups (broad SMARTS) is 1. The lowest BCUT2D eigenvalue weighted by molar-refractivity contribution is -0.122. The Morgan fingerprint density at radius 2 is 1.84 bits per heavy atom. The van der Waals surface area contributed by atoms with Crippen LogP contribution in [0.25, 0.3) is 0 Å². The van der Waals surface area contributed by atoms with Crippen LogP contribution in [0.15, 0.2) is 18.3 Å². The molecule has 1 fully saturated rings. The van der Waals surface area contributed by atoms with Gasteiger partial charge in [0.2, 0.25) is 0 Å². The second-order valence-corrected chi connectivity index (χ2v) is 4.43. The van der Waals surface area contributed by atoms with Gasteiger partial charge in [0.25, 0.3) is 6.47 Å². The Kier molecular flexibility index (Phi) is 9.49. The van der Waals surface area contributed by atoms with Crippen LogP contribution in [-0.4, -0.2) is 29.7 Å². The average Bonchev–Trinajstić information content (AvgIpc) is 2.44. The van der Waals surface area contributed by atoms with Gasteiger partial charge in [0, 0.05) is 18.8 Å². The van der Waals surface area contributed by atoms with Gasteiger partial charge < -0.3 is 10.0 Å². The summed E-state index contributed by atoms with van der Waals surface area (Å²) in [5.41, 5.74) is 2.38. The van der Waals surface area contributed by atoms with Crippen molar-refractivity contribution in [2.45, 2.75) is 40.5 Å². The van der Waals surface area contributed by atoms with Gasteiger partial charge in [-0.25, -0.2) is 0 Å². The topological polar surface area (TPSA) is 53.4 Å². The fraction of sp³-hybridized carbons (Fsp3) is 0.600. The van der Waals surface area contributed by atoms with Crippen LogP contribution in [0.5, 0.6) is 0 Å². The molecular formula is C15H26N2O2. The normalized spacial score (nSPS) is 14.6. The van der Waals surface area contributed by atoms with E-state index >= 15 is 0 Å². The summed E-state index contributed by atoms with van der Waals surface area (Å²) in [7, 11) is 0. The number of carbonyl (C=O) groups is 1. The van der Waals surface area contributed by atoms with Crippen molar-refractivity contribution in [2.24, 2.45) is 5.92 Å². The number of hydrogen-bond donors (Lipinski definition) is 1. The highest BCUT2D eigenvalue weighted by Crippen LogP contribution is 2.21. The molecule has 1 aliphatic rings. The molecule has 0 spiro atoms. The van der Waals surface area contributed by atoms with Crippen LogP contribution in [-0.2, 0) is 4.79 Å². The molecule has 0 aromatic carbocycles. The first-order chi connectivity index (χ1) is 9.17. The predicted octanol–water partition coefficient (Wildman–Crippen LogP) is 3.35. The first-order valence-electron chi connectivity index (χ1n) is 6.92. The van der Waals surface area contributed by atoms with Gasteiger partial charge in [-0.05, 0) is 37.8 Å². The Morgan fingerprint density at radius 1 is 1.32 bits per heavy atom. The van der Waals surface area contributed by atoms with Gasteiger partial charge in [-0.15, -0.1) is 0 Å². The third-order valence-electron chi connectivity index (χ3n) is 3.04. The highest BCUT2D eigenvalue weighted by atomic mass is 16.3. The maximum atomic E-state index is 8.36. The van der Waals surface area contributed by atoms with Gasteiger partial charge in [-0.1, -0.05) is 20.8 Å². The van der Waals surface area contributed by atoms with Crippen LogP contribution >= 0.6 is 0 Å². The summed E-state index contributed by atoms with van der Waals surface area (Å²) < 4.78 is 0. The molecule has 0 aliphatic carbocycles. The van der Waals surface area contributed by atoms with Crippen molar-refractivity contribution in [3.05, 3.63) is 24.0 Å². The van der Waals surface area contributed by atoms with Crippen molar-refractivity contribution in [1.29, 1.82) is 0 Å². The summed E-state index contributed by atoms with van der Waals surface area (Å²) >= 11 is 0. The van der Waals surface area contributed by atoms with Crippen LogP contribution < -0.4 is 4.90 Å².